The molecule has 3 rings (SSSR count). The van der Waals surface area contributed by atoms with E-state index in [2.05, 4.69) is 9.47 Å². The minimum atomic E-state index is -6.09. The molecule has 6 nitrogen and oxygen atoms in total. The molecule has 0 aliphatic carbocycles. The Bertz CT molecular complexity index is 616. The first-order chi connectivity index (χ1) is 11.2. The number of fused-ring (bicyclic) bond motifs is 1. The molecule has 0 aromatic rings. The first-order valence-corrected chi connectivity index (χ1v) is 6.75. The van der Waals surface area contributed by atoms with Crippen LogP contribution in [-0.2, 0) is 23.8 Å². The maximum atomic E-state index is 14.4. The Kier molecular flexibility index (Phi) is 3.45. The van der Waals surface area contributed by atoms with Crippen LogP contribution >= 0.6 is 0 Å². The number of aliphatic hydroxyl groups excluding tert-OH is 1. The highest BCUT2D eigenvalue weighted by Crippen LogP contribution is 2.58. The first-order valence-electron chi connectivity index (χ1n) is 6.75. The minimum absolute atomic E-state index is 0.463. The zero-order valence-corrected chi connectivity index (χ0v) is 12.0. The normalized spacial score (nSPS) is 40.4. The number of esters is 2. The molecule has 0 radical (unpaired) electrons. The number of hydrogen-bond donors (Lipinski definition) is 1. The van der Waals surface area contributed by atoms with Gasteiger partial charge in [-0.3, -0.25) is 9.59 Å². The lowest BCUT2D eigenvalue weighted by Crippen LogP contribution is -2.62. The summed E-state index contributed by atoms with van der Waals surface area (Å²) in [6.45, 7) is -0.463. The molecule has 3 aliphatic rings. The number of hydrogen-bond acceptors (Lipinski definition) is 6. The van der Waals surface area contributed by atoms with Gasteiger partial charge in [0.05, 0.1) is 0 Å². The zero-order valence-electron chi connectivity index (χ0n) is 12.0. The van der Waals surface area contributed by atoms with Gasteiger partial charge in [-0.05, 0) is 6.92 Å². The largest absolute Gasteiger partial charge is 0.456 e. The van der Waals surface area contributed by atoms with E-state index in [1.54, 1.807) is 0 Å². The molecule has 0 spiro atoms. The van der Waals surface area contributed by atoms with Gasteiger partial charge < -0.3 is 19.3 Å². The van der Waals surface area contributed by atoms with Crippen LogP contribution in [0.15, 0.2) is 0 Å². The Labute approximate surface area is 133 Å². The van der Waals surface area contributed by atoms with E-state index in [-0.39, 0.29) is 0 Å². The fraction of sp³-hybridized carbons (Fsp3) is 0.833. The fourth-order valence-corrected chi connectivity index (χ4v) is 3.16. The first kappa shape index (κ1) is 18.2. The molecule has 1 N–H and O–H groups in total. The topological polar surface area (TPSA) is 82.1 Å². The van der Waals surface area contributed by atoms with Crippen molar-refractivity contribution in [2.24, 2.45) is 5.41 Å². The molecule has 25 heavy (non-hydrogen) atoms. The molecule has 0 aromatic carbocycles. The van der Waals surface area contributed by atoms with Crippen LogP contribution in [0.25, 0.3) is 0 Å². The van der Waals surface area contributed by atoms with Crippen molar-refractivity contribution in [1.29, 1.82) is 0 Å². The van der Waals surface area contributed by atoms with Gasteiger partial charge in [0.1, 0.15) is 18.3 Å². The standard InChI is InChI=1S/C12H9F7O6/c1-9(11(14,15)16,12(17,18)19)25-8(22)10-5(13)3-2(20)4(6(10)23-3)24-7(10)21/h2-6,20H,1H3. The summed E-state index contributed by atoms with van der Waals surface area (Å²) in [5, 5.41) is 9.63. The van der Waals surface area contributed by atoms with Crippen LogP contribution in [0.4, 0.5) is 30.7 Å². The summed E-state index contributed by atoms with van der Waals surface area (Å²) >= 11 is 0. The Morgan fingerprint density at radius 3 is 2.12 bits per heavy atom. The summed E-state index contributed by atoms with van der Waals surface area (Å²) in [5.41, 5.74) is -8.13. The molecule has 3 fully saturated rings. The second kappa shape index (κ2) is 4.75. The molecular weight excluding hydrogens is 373 g/mol. The van der Waals surface area contributed by atoms with Gasteiger partial charge in [0, 0.05) is 0 Å². The molecule has 13 heteroatoms. The van der Waals surface area contributed by atoms with Gasteiger partial charge >= 0.3 is 24.3 Å². The molecule has 0 amide bonds. The highest BCUT2D eigenvalue weighted by molar-refractivity contribution is 6.04. The monoisotopic (exact) mass is 382 g/mol. The Balaban J connectivity index is 2.00. The van der Waals surface area contributed by atoms with Crippen molar-refractivity contribution >= 4 is 11.9 Å². The van der Waals surface area contributed by atoms with Crippen LogP contribution in [0.1, 0.15) is 6.92 Å². The highest BCUT2D eigenvalue weighted by Gasteiger charge is 2.83. The second-order valence-corrected chi connectivity index (χ2v) is 6.07. The molecule has 3 aliphatic heterocycles. The number of aliphatic hydroxyl groups is 1. The number of alkyl halides is 7. The van der Waals surface area contributed by atoms with E-state index in [0.717, 1.165) is 0 Å². The van der Waals surface area contributed by atoms with Crippen LogP contribution in [0.3, 0.4) is 0 Å². The third kappa shape index (κ3) is 1.93. The van der Waals surface area contributed by atoms with E-state index in [4.69, 9.17) is 4.74 Å². The van der Waals surface area contributed by atoms with E-state index in [9.17, 15) is 45.4 Å². The molecule has 6 atom stereocenters. The summed E-state index contributed by atoms with van der Waals surface area (Å²) in [5.74, 6) is -4.16. The smallest absolute Gasteiger partial charge is 0.437 e. The van der Waals surface area contributed by atoms with Crippen LogP contribution < -0.4 is 0 Å². The van der Waals surface area contributed by atoms with Gasteiger partial charge in [0.15, 0.2) is 12.3 Å². The third-order valence-electron chi connectivity index (χ3n) is 4.74. The summed E-state index contributed by atoms with van der Waals surface area (Å²) in [6.07, 6.45) is -21.9. The lowest BCUT2D eigenvalue weighted by Gasteiger charge is -2.36. The van der Waals surface area contributed by atoms with Gasteiger partial charge in [-0.2, -0.15) is 26.3 Å². The number of halogens is 7. The Morgan fingerprint density at radius 2 is 1.68 bits per heavy atom. The maximum absolute atomic E-state index is 14.4. The maximum Gasteiger partial charge on any atom is 0.437 e. The van der Waals surface area contributed by atoms with Crippen molar-refractivity contribution in [3.8, 4) is 0 Å². The van der Waals surface area contributed by atoms with Crippen molar-refractivity contribution < 1.29 is 59.6 Å². The molecule has 6 unspecified atom stereocenters. The highest BCUT2D eigenvalue weighted by atomic mass is 19.4. The van der Waals surface area contributed by atoms with E-state index < -0.39 is 72.8 Å². The van der Waals surface area contributed by atoms with Crippen molar-refractivity contribution in [1.82, 2.24) is 0 Å². The summed E-state index contributed by atoms with van der Waals surface area (Å²) in [4.78, 5) is 24.0. The van der Waals surface area contributed by atoms with Crippen molar-refractivity contribution in [3.63, 3.8) is 0 Å². The van der Waals surface area contributed by atoms with Crippen LogP contribution in [-0.4, -0.2) is 65.6 Å². The molecule has 0 aromatic heterocycles. The van der Waals surface area contributed by atoms with E-state index in [0.29, 0.717) is 0 Å². The van der Waals surface area contributed by atoms with Crippen molar-refractivity contribution in [3.05, 3.63) is 0 Å². The van der Waals surface area contributed by atoms with Gasteiger partial charge in [-0.1, -0.05) is 0 Å². The van der Waals surface area contributed by atoms with Crippen molar-refractivity contribution in [2.75, 3.05) is 0 Å². The molecule has 3 saturated heterocycles. The quantitative estimate of drug-likeness (QED) is 0.433. The number of ether oxygens (including phenoxy) is 3. The van der Waals surface area contributed by atoms with Gasteiger partial charge in [0.2, 0.25) is 5.41 Å². The lowest BCUT2D eigenvalue weighted by molar-refractivity contribution is -0.365. The molecule has 2 bridgehead atoms. The van der Waals surface area contributed by atoms with Crippen molar-refractivity contribution in [2.45, 2.75) is 55.5 Å². The summed E-state index contributed by atoms with van der Waals surface area (Å²) in [6, 6.07) is 0. The average molecular weight is 382 g/mol. The zero-order chi connectivity index (χ0) is 19.2. The van der Waals surface area contributed by atoms with Crippen LogP contribution in [0.2, 0.25) is 0 Å². The number of rotatable bonds is 2. The number of carbonyl (C=O) groups is 2. The summed E-state index contributed by atoms with van der Waals surface area (Å²) < 4.78 is 105. The minimum Gasteiger partial charge on any atom is -0.456 e. The van der Waals surface area contributed by atoms with Crippen LogP contribution in [0, 0.1) is 5.41 Å². The third-order valence-corrected chi connectivity index (χ3v) is 4.74. The average Bonchev–Trinajstić information content (AvgIpc) is 2.99. The molecular formula is C12H9F7O6. The van der Waals surface area contributed by atoms with Crippen LogP contribution in [0.5, 0.6) is 0 Å². The van der Waals surface area contributed by atoms with Gasteiger partial charge in [-0.25, -0.2) is 4.39 Å². The molecule has 3 heterocycles. The molecule has 142 valence electrons. The predicted octanol–water partition coefficient (Wildman–Crippen LogP) is 0.805. The Morgan fingerprint density at radius 1 is 1.16 bits per heavy atom. The Hall–Kier alpha value is -1.63. The number of carbonyl (C=O) groups excluding carboxylic acids is 2. The summed E-state index contributed by atoms with van der Waals surface area (Å²) in [7, 11) is 0. The van der Waals surface area contributed by atoms with Gasteiger partial charge in [-0.15, -0.1) is 0 Å². The fourth-order valence-electron chi connectivity index (χ4n) is 3.16. The van der Waals surface area contributed by atoms with E-state index in [1.165, 1.54) is 0 Å². The van der Waals surface area contributed by atoms with E-state index in [1.807, 2.05) is 0 Å². The SMILES string of the molecule is CC(OC(=O)C12C(=O)OC3C(O)C(OC31)C2F)(C(F)(F)F)C(F)(F)F. The lowest BCUT2D eigenvalue weighted by atomic mass is 9.72. The van der Waals surface area contributed by atoms with E-state index >= 15 is 0 Å². The predicted molar refractivity (Wildman–Crippen MR) is 58.5 cm³/mol. The second-order valence-electron chi connectivity index (χ2n) is 6.07. The van der Waals surface area contributed by atoms with Gasteiger partial charge in [0.25, 0.3) is 5.60 Å². The molecule has 0 saturated carbocycles.